The summed E-state index contributed by atoms with van der Waals surface area (Å²) in [5.41, 5.74) is 8.04. The minimum Gasteiger partial charge on any atom is -0.246 e. The Morgan fingerprint density at radius 2 is 1.57 bits per heavy atom. The van der Waals surface area contributed by atoms with Crippen LogP contribution in [0.2, 0.25) is 0 Å². The largest absolute Gasteiger partial charge is 0.246 e. The number of hydrogen-bond donors (Lipinski definition) is 0. The lowest BCUT2D eigenvalue weighted by Crippen LogP contribution is -2.24. The number of benzene rings is 3. The smallest absolute Gasteiger partial charge is 0.0971 e. The predicted octanol–water partition coefficient (Wildman–Crippen LogP) is 7.99. The predicted molar refractivity (Wildman–Crippen MR) is 131 cm³/mol. The number of aromatic nitrogens is 1. The topological polar surface area (TPSA) is 12.9 Å². The first-order valence-corrected chi connectivity index (χ1v) is 12.2. The number of halogens is 1. The summed E-state index contributed by atoms with van der Waals surface area (Å²) in [6.45, 7) is 4.32. The van der Waals surface area contributed by atoms with E-state index in [-0.39, 0.29) is 4.83 Å². The van der Waals surface area contributed by atoms with E-state index in [2.05, 4.69) is 109 Å². The van der Waals surface area contributed by atoms with Gasteiger partial charge in [-0.3, -0.25) is 0 Å². The summed E-state index contributed by atoms with van der Waals surface area (Å²) in [6.07, 6.45) is 1.01. The van der Waals surface area contributed by atoms with Gasteiger partial charge in [-0.2, -0.15) is 0 Å². The Hall–Kier alpha value is -2.23. The van der Waals surface area contributed by atoms with Gasteiger partial charge in [-0.25, -0.2) is 4.98 Å². The van der Waals surface area contributed by atoms with Crippen molar-refractivity contribution in [2.24, 2.45) is 0 Å². The third-order valence-corrected chi connectivity index (χ3v) is 8.58. The van der Waals surface area contributed by atoms with Crippen LogP contribution >= 0.6 is 27.3 Å². The number of thiazole rings is 1. The molecule has 0 bridgehead atoms. The summed E-state index contributed by atoms with van der Waals surface area (Å²) in [5.74, 6) is 0.709. The average Bonchev–Trinajstić information content (AvgIpc) is 3.12. The summed E-state index contributed by atoms with van der Waals surface area (Å²) >= 11 is 6.00. The monoisotopic (exact) mass is 473 g/mol. The fraction of sp³-hybridized carbons (Fsp3) is 0.222. The molecule has 0 saturated heterocycles. The van der Waals surface area contributed by atoms with Crippen molar-refractivity contribution in [3.8, 4) is 11.1 Å². The molecule has 1 aliphatic carbocycles. The van der Waals surface area contributed by atoms with Crippen LogP contribution in [0, 0.1) is 13.8 Å². The summed E-state index contributed by atoms with van der Waals surface area (Å²) in [7, 11) is 0. The molecule has 0 aliphatic heterocycles. The van der Waals surface area contributed by atoms with Crippen LogP contribution in [0.1, 0.15) is 48.9 Å². The molecule has 1 heterocycles. The lowest BCUT2D eigenvalue weighted by molar-refractivity contribution is 0.496. The highest BCUT2D eigenvalue weighted by molar-refractivity contribution is 9.09. The van der Waals surface area contributed by atoms with Crippen molar-refractivity contribution in [2.75, 3.05) is 0 Å². The Bertz CT molecular complexity index is 1150. The van der Waals surface area contributed by atoms with Crippen molar-refractivity contribution in [2.45, 2.75) is 36.9 Å². The molecular formula is C27H24BrNS. The quantitative estimate of drug-likeness (QED) is 0.274. The molecule has 30 heavy (non-hydrogen) atoms. The molecule has 0 amide bonds. The van der Waals surface area contributed by atoms with Crippen LogP contribution in [-0.4, -0.2) is 4.98 Å². The highest BCUT2D eigenvalue weighted by Crippen LogP contribution is 2.54. The van der Waals surface area contributed by atoms with Gasteiger partial charge in [0.15, 0.2) is 0 Å². The third-order valence-electron chi connectivity index (χ3n) is 6.31. The zero-order chi connectivity index (χ0) is 20.7. The molecule has 3 atom stereocenters. The van der Waals surface area contributed by atoms with Gasteiger partial charge in [-0.1, -0.05) is 94.8 Å². The molecule has 3 unspecified atom stereocenters. The number of aryl methyl sites for hydroxylation is 2. The number of hydrogen-bond acceptors (Lipinski definition) is 2. The van der Waals surface area contributed by atoms with Crippen LogP contribution in [0.25, 0.3) is 11.1 Å². The SMILES string of the molecule is Cc1nc(C2Cc3c(-c4ccccc4)cccc3C(Br)C2c2ccccc2)sc1C. The molecule has 3 heteroatoms. The second kappa shape index (κ2) is 8.13. The molecule has 1 aromatic heterocycles. The second-order valence-corrected chi connectivity index (χ2v) is 10.3. The van der Waals surface area contributed by atoms with Gasteiger partial charge in [-0.15, -0.1) is 11.3 Å². The van der Waals surface area contributed by atoms with Crippen LogP contribution in [0.15, 0.2) is 78.9 Å². The molecule has 4 aromatic rings. The van der Waals surface area contributed by atoms with Crippen molar-refractivity contribution < 1.29 is 0 Å². The minimum absolute atomic E-state index is 0.252. The van der Waals surface area contributed by atoms with Gasteiger partial charge in [0.1, 0.15) is 0 Å². The number of rotatable bonds is 3. The molecular weight excluding hydrogens is 450 g/mol. The van der Waals surface area contributed by atoms with Crippen molar-refractivity contribution in [3.63, 3.8) is 0 Å². The Balaban J connectivity index is 1.69. The van der Waals surface area contributed by atoms with Gasteiger partial charge in [0.2, 0.25) is 0 Å². The summed E-state index contributed by atoms with van der Waals surface area (Å²) in [6, 6.07) is 28.5. The molecule has 0 N–H and O–H groups in total. The molecule has 1 aliphatic rings. The number of fused-ring (bicyclic) bond motifs is 1. The molecule has 5 rings (SSSR count). The van der Waals surface area contributed by atoms with Crippen LogP contribution in [0.4, 0.5) is 0 Å². The highest BCUT2D eigenvalue weighted by atomic mass is 79.9. The van der Waals surface area contributed by atoms with Crippen LogP contribution < -0.4 is 0 Å². The fourth-order valence-corrected chi connectivity index (χ4v) is 6.87. The highest BCUT2D eigenvalue weighted by Gasteiger charge is 2.39. The number of alkyl halides is 1. The van der Waals surface area contributed by atoms with Crippen LogP contribution in [0.5, 0.6) is 0 Å². The maximum absolute atomic E-state index is 5.02. The van der Waals surface area contributed by atoms with E-state index in [0.29, 0.717) is 11.8 Å². The Morgan fingerprint density at radius 1 is 0.867 bits per heavy atom. The van der Waals surface area contributed by atoms with E-state index >= 15 is 0 Å². The van der Waals surface area contributed by atoms with Crippen molar-refractivity contribution in [1.29, 1.82) is 0 Å². The first-order chi connectivity index (χ1) is 14.6. The standard InChI is InChI=1S/C27H24BrNS/c1-17-18(2)30-27(29-17)24-16-23-21(19-10-5-3-6-11-19)14-9-15-22(23)26(28)25(24)20-12-7-4-8-13-20/h3-15,24-26H,16H2,1-2H3. The van der Waals surface area contributed by atoms with E-state index in [1.165, 1.54) is 37.7 Å². The summed E-state index contributed by atoms with van der Waals surface area (Å²) < 4.78 is 0. The molecule has 0 fully saturated rings. The van der Waals surface area contributed by atoms with Crippen LogP contribution in [0.3, 0.4) is 0 Å². The first kappa shape index (κ1) is 19.7. The van der Waals surface area contributed by atoms with Crippen molar-refractivity contribution in [3.05, 3.63) is 111 Å². The van der Waals surface area contributed by atoms with Gasteiger partial charge in [-0.05, 0) is 48.1 Å². The van der Waals surface area contributed by atoms with E-state index in [1.807, 2.05) is 11.3 Å². The maximum atomic E-state index is 5.02. The molecule has 150 valence electrons. The fourth-order valence-electron chi connectivity index (χ4n) is 4.70. The first-order valence-electron chi connectivity index (χ1n) is 10.4. The van der Waals surface area contributed by atoms with Crippen LogP contribution in [-0.2, 0) is 6.42 Å². The average molecular weight is 474 g/mol. The normalized spacial score (nSPS) is 20.7. The van der Waals surface area contributed by atoms with E-state index in [9.17, 15) is 0 Å². The molecule has 0 saturated carbocycles. The Kier molecular flexibility index (Phi) is 5.34. The van der Waals surface area contributed by atoms with Gasteiger partial charge < -0.3 is 0 Å². The maximum Gasteiger partial charge on any atom is 0.0971 e. The lowest BCUT2D eigenvalue weighted by Gasteiger charge is -2.37. The Labute approximate surface area is 191 Å². The zero-order valence-electron chi connectivity index (χ0n) is 17.2. The van der Waals surface area contributed by atoms with Crippen molar-refractivity contribution >= 4 is 27.3 Å². The Morgan fingerprint density at radius 3 is 2.23 bits per heavy atom. The van der Waals surface area contributed by atoms with Crippen molar-refractivity contribution in [1.82, 2.24) is 4.98 Å². The number of nitrogens with zero attached hydrogens (tertiary/aromatic N) is 1. The zero-order valence-corrected chi connectivity index (χ0v) is 19.6. The summed E-state index contributed by atoms with van der Waals surface area (Å²) in [5, 5.41) is 1.26. The van der Waals surface area contributed by atoms with E-state index in [4.69, 9.17) is 4.98 Å². The molecule has 0 radical (unpaired) electrons. The lowest BCUT2D eigenvalue weighted by atomic mass is 9.71. The second-order valence-electron chi connectivity index (χ2n) is 8.08. The summed E-state index contributed by atoms with van der Waals surface area (Å²) in [4.78, 5) is 6.59. The van der Waals surface area contributed by atoms with Gasteiger partial charge >= 0.3 is 0 Å². The third kappa shape index (κ3) is 3.44. The molecule has 1 nitrogen and oxygen atoms in total. The molecule has 3 aromatic carbocycles. The van der Waals surface area contributed by atoms with E-state index in [0.717, 1.165) is 12.1 Å². The molecule has 0 spiro atoms. The van der Waals surface area contributed by atoms with Gasteiger partial charge in [0.05, 0.1) is 10.7 Å². The van der Waals surface area contributed by atoms with Gasteiger partial charge in [0, 0.05) is 21.5 Å². The van der Waals surface area contributed by atoms with Gasteiger partial charge in [0.25, 0.3) is 0 Å². The van der Waals surface area contributed by atoms with E-state index in [1.54, 1.807) is 0 Å². The van der Waals surface area contributed by atoms with E-state index < -0.39 is 0 Å². The minimum atomic E-state index is 0.252.